The Bertz CT molecular complexity index is 1200. The standard InChI is InChI=1S/C26H40N8O5S/c1-14(2)10-20(33-22(35)17(27)13-40)24(37)32-19(8-5-9-30-26(28)29)23(36)34-21(25(38)39)11-15-12-31-18-7-4-3-6-16(15)18/h3-4,6-7,12,14,17,19-21,31,40H,5,8-11,13,27H2,1-2H3,(H,32,37)(H,33,35)(H,34,36)(H,38,39)(H4,28,29,30). The zero-order chi connectivity index (χ0) is 29.8. The van der Waals surface area contributed by atoms with Gasteiger partial charge in [-0.25, -0.2) is 4.79 Å². The van der Waals surface area contributed by atoms with Crippen LogP contribution in [0.25, 0.3) is 10.9 Å². The van der Waals surface area contributed by atoms with Gasteiger partial charge in [-0.2, -0.15) is 12.6 Å². The number of carboxylic acids is 1. The molecule has 14 heteroatoms. The Hall–Kier alpha value is -3.78. The van der Waals surface area contributed by atoms with Crippen LogP contribution < -0.4 is 33.2 Å². The molecule has 2 rings (SSSR count). The second kappa shape index (κ2) is 15.7. The first kappa shape index (κ1) is 32.4. The Balaban J connectivity index is 2.22. The normalized spacial score (nSPS) is 14.1. The number of nitrogens with one attached hydrogen (secondary N) is 4. The molecule has 1 heterocycles. The number of nitrogens with two attached hydrogens (primary N) is 3. The van der Waals surface area contributed by atoms with Crippen molar-refractivity contribution in [1.29, 1.82) is 0 Å². The average molecular weight is 577 g/mol. The van der Waals surface area contributed by atoms with Crippen molar-refractivity contribution < 1.29 is 24.3 Å². The molecular formula is C26H40N8O5S. The van der Waals surface area contributed by atoms with Gasteiger partial charge in [0.2, 0.25) is 17.7 Å². The fourth-order valence-electron chi connectivity index (χ4n) is 4.10. The number of carboxylic acid groups (broad SMARTS) is 1. The number of benzene rings is 1. The summed E-state index contributed by atoms with van der Waals surface area (Å²) in [6.45, 7) is 3.96. The van der Waals surface area contributed by atoms with Crippen LogP contribution in [-0.2, 0) is 25.6 Å². The second-order valence-electron chi connectivity index (χ2n) is 9.95. The molecule has 0 saturated heterocycles. The summed E-state index contributed by atoms with van der Waals surface area (Å²) < 4.78 is 0. The third-order valence-corrected chi connectivity index (χ3v) is 6.56. The minimum atomic E-state index is -1.26. The van der Waals surface area contributed by atoms with Crippen molar-refractivity contribution in [3.63, 3.8) is 0 Å². The van der Waals surface area contributed by atoms with Crippen LogP contribution in [-0.4, -0.2) is 76.2 Å². The number of aromatic amines is 1. The number of aliphatic imine (C=N–C) groups is 1. The molecule has 11 N–H and O–H groups in total. The Morgan fingerprint density at radius 2 is 1.62 bits per heavy atom. The Kier molecular flexibility index (Phi) is 12.7. The van der Waals surface area contributed by atoms with Gasteiger partial charge in [0.25, 0.3) is 0 Å². The summed E-state index contributed by atoms with van der Waals surface area (Å²) >= 11 is 4.02. The van der Waals surface area contributed by atoms with Gasteiger partial charge < -0.3 is 43.2 Å². The van der Waals surface area contributed by atoms with Crippen LogP contribution in [0.4, 0.5) is 0 Å². The highest BCUT2D eigenvalue weighted by Gasteiger charge is 2.30. The topological polar surface area (TPSA) is 231 Å². The van der Waals surface area contributed by atoms with Gasteiger partial charge in [0.1, 0.15) is 18.1 Å². The predicted octanol–water partition coefficient (Wildman–Crippen LogP) is -0.394. The van der Waals surface area contributed by atoms with Crippen molar-refractivity contribution in [2.75, 3.05) is 12.3 Å². The molecule has 0 fully saturated rings. The smallest absolute Gasteiger partial charge is 0.326 e. The maximum Gasteiger partial charge on any atom is 0.326 e. The number of para-hydroxylation sites is 1. The van der Waals surface area contributed by atoms with Crippen LogP contribution in [0, 0.1) is 5.92 Å². The number of aliphatic carboxylic acids is 1. The predicted molar refractivity (Wildman–Crippen MR) is 157 cm³/mol. The highest BCUT2D eigenvalue weighted by molar-refractivity contribution is 7.80. The molecule has 3 amide bonds. The van der Waals surface area contributed by atoms with Crippen LogP contribution >= 0.6 is 12.6 Å². The van der Waals surface area contributed by atoms with Crippen LogP contribution in [0.15, 0.2) is 35.5 Å². The molecule has 0 bridgehead atoms. The van der Waals surface area contributed by atoms with Crippen LogP contribution in [0.5, 0.6) is 0 Å². The van der Waals surface area contributed by atoms with Gasteiger partial charge in [-0.3, -0.25) is 19.4 Å². The van der Waals surface area contributed by atoms with Gasteiger partial charge in [-0.15, -0.1) is 0 Å². The largest absolute Gasteiger partial charge is 0.480 e. The van der Waals surface area contributed by atoms with E-state index in [1.807, 2.05) is 38.1 Å². The molecule has 1 aromatic heterocycles. The van der Waals surface area contributed by atoms with E-state index in [9.17, 15) is 24.3 Å². The number of carbonyl (C=O) groups is 4. The first-order valence-corrected chi connectivity index (χ1v) is 13.7. The summed E-state index contributed by atoms with van der Waals surface area (Å²) in [5, 5.41) is 18.6. The third-order valence-electron chi connectivity index (χ3n) is 6.17. The molecule has 0 aliphatic carbocycles. The van der Waals surface area contributed by atoms with Gasteiger partial charge >= 0.3 is 5.97 Å². The highest BCUT2D eigenvalue weighted by Crippen LogP contribution is 2.19. The molecule has 4 unspecified atom stereocenters. The lowest BCUT2D eigenvalue weighted by atomic mass is 10.0. The van der Waals surface area contributed by atoms with Crippen LogP contribution in [0.2, 0.25) is 0 Å². The van der Waals surface area contributed by atoms with Crippen LogP contribution in [0.1, 0.15) is 38.7 Å². The number of rotatable bonds is 16. The third kappa shape index (κ3) is 10.1. The summed E-state index contributed by atoms with van der Waals surface area (Å²) in [6, 6.07) is 3.17. The van der Waals surface area contributed by atoms with E-state index in [-0.39, 0.29) is 43.4 Å². The molecule has 13 nitrogen and oxygen atoms in total. The lowest BCUT2D eigenvalue weighted by Gasteiger charge is -2.26. The molecule has 40 heavy (non-hydrogen) atoms. The summed E-state index contributed by atoms with van der Waals surface area (Å²) in [4.78, 5) is 58.0. The van der Waals surface area contributed by atoms with Crippen molar-refractivity contribution in [3.8, 4) is 0 Å². The van der Waals surface area contributed by atoms with E-state index in [1.54, 1.807) is 6.20 Å². The van der Waals surface area contributed by atoms with Crippen molar-refractivity contribution in [2.45, 2.75) is 63.7 Å². The molecule has 0 spiro atoms. The molecule has 0 saturated carbocycles. The molecule has 0 radical (unpaired) electrons. The monoisotopic (exact) mass is 576 g/mol. The van der Waals surface area contributed by atoms with E-state index >= 15 is 0 Å². The number of guanidine groups is 1. The zero-order valence-electron chi connectivity index (χ0n) is 22.7. The van der Waals surface area contributed by atoms with Crippen molar-refractivity contribution in [1.82, 2.24) is 20.9 Å². The van der Waals surface area contributed by atoms with Crippen molar-refractivity contribution in [3.05, 3.63) is 36.0 Å². The fourth-order valence-corrected chi connectivity index (χ4v) is 4.27. The van der Waals surface area contributed by atoms with Gasteiger partial charge in [-0.05, 0) is 36.8 Å². The second-order valence-corrected chi connectivity index (χ2v) is 10.3. The van der Waals surface area contributed by atoms with E-state index < -0.39 is 47.9 Å². The summed E-state index contributed by atoms with van der Waals surface area (Å²) in [7, 11) is 0. The number of amides is 3. The Morgan fingerprint density at radius 3 is 2.25 bits per heavy atom. The van der Waals surface area contributed by atoms with E-state index in [0.29, 0.717) is 6.42 Å². The molecule has 220 valence electrons. The lowest BCUT2D eigenvalue weighted by Crippen LogP contribution is -2.57. The fraction of sp³-hybridized carbons (Fsp3) is 0.500. The maximum atomic E-state index is 13.3. The first-order valence-electron chi connectivity index (χ1n) is 13.0. The Labute approximate surface area is 238 Å². The first-order chi connectivity index (χ1) is 18.9. The number of carbonyl (C=O) groups excluding carboxylic acids is 3. The van der Waals surface area contributed by atoms with Gasteiger partial charge in [0, 0.05) is 35.8 Å². The maximum absolute atomic E-state index is 13.3. The number of H-pyrrole nitrogens is 1. The SMILES string of the molecule is CC(C)CC(NC(=O)C(N)CS)C(=O)NC(CCCN=C(N)N)C(=O)NC(Cc1c[nH]c2ccccc12)C(=O)O. The summed E-state index contributed by atoms with van der Waals surface area (Å²) in [6.07, 6.45) is 2.45. The van der Waals surface area contributed by atoms with Gasteiger partial charge in [0.15, 0.2) is 5.96 Å². The number of hydrogen-bond donors (Lipinski definition) is 9. The zero-order valence-corrected chi connectivity index (χ0v) is 23.6. The molecule has 4 atom stereocenters. The summed E-state index contributed by atoms with van der Waals surface area (Å²) in [5.41, 5.74) is 18.1. The van der Waals surface area contributed by atoms with E-state index in [1.165, 1.54) is 0 Å². The van der Waals surface area contributed by atoms with E-state index in [4.69, 9.17) is 17.2 Å². The minimum Gasteiger partial charge on any atom is -0.480 e. The van der Waals surface area contributed by atoms with E-state index in [2.05, 4.69) is 38.6 Å². The lowest BCUT2D eigenvalue weighted by molar-refractivity contribution is -0.142. The molecule has 1 aromatic carbocycles. The molecular weight excluding hydrogens is 536 g/mol. The number of thiol groups is 1. The molecule has 0 aliphatic heterocycles. The quantitative estimate of drug-likeness (QED) is 0.0551. The van der Waals surface area contributed by atoms with Crippen LogP contribution in [0.3, 0.4) is 0 Å². The number of aromatic nitrogens is 1. The van der Waals surface area contributed by atoms with Crippen molar-refractivity contribution >= 4 is 53.2 Å². The Morgan fingerprint density at radius 1 is 1.00 bits per heavy atom. The number of fused-ring (bicyclic) bond motifs is 1. The molecule has 0 aliphatic rings. The van der Waals surface area contributed by atoms with E-state index in [0.717, 1.165) is 16.5 Å². The summed E-state index contributed by atoms with van der Waals surface area (Å²) in [5.74, 6) is -3.06. The minimum absolute atomic E-state index is 0.0212. The van der Waals surface area contributed by atoms with Gasteiger partial charge in [0.05, 0.1) is 6.04 Å². The molecule has 2 aromatic rings. The average Bonchev–Trinajstić information content (AvgIpc) is 3.31. The number of hydrogen-bond acceptors (Lipinski definition) is 7. The number of nitrogens with zero attached hydrogens (tertiary/aromatic N) is 1. The van der Waals surface area contributed by atoms with Crippen molar-refractivity contribution in [2.24, 2.45) is 28.1 Å². The van der Waals surface area contributed by atoms with Gasteiger partial charge in [-0.1, -0.05) is 32.0 Å². The highest BCUT2D eigenvalue weighted by atomic mass is 32.1.